The van der Waals surface area contributed by atoms with E-state index < -0.39 is 0 Å². The van der Waals surface area contributed by atoms with Crippen molar-refractivity contribution in [1.82, 2.24) is 9.97 Å². The fourth-order valence-electron chi connectivity index (χ4n) is 1.19. The lowest BCUT2D eigenvalue weighted by atomic mass is 10.3. The van der Waals surface area contributed by atoms with Gasteiger partial charge in [-0.15, -0.1) is 0 Å². The van der Waals surface area contributed by atoms with Crippen LogP contribution >= 0.6 is 11.6 Å². The molecule has 0 saturated heterocycles. The van der Waals surface area contributed by atoms with Crippen LogP contribution < -0.4 is 9.47 Å². The van der Waals surface area contributed by atoms with Gasteiger partial charge in [0.25, 0.3) is 0 Å². The van der Waals surface area contributed by atoms with E-state index in [9.17, 15) is 0 Å². The number of hydrogen-bond acceptors (Lipinski definition) is 4. The smallest absolute Gasteiger partial charge is 0.225 e. The highest BCUT2D eigenvalue weighted by Crippen LogP contribution is 2.29. The molecule has 16 heavy (non-hydrogen) atoms. The Labute approximate surface area is 97.8 Å². The van der Waals surface area contributed by atoms with Gasteiger partial charge >= 0.3 is 0 Å². The molecule has 0 fully saturated rings. The molecule has 5 heteroatoms. The molecule has 0 radical (unpaired) electrons. The lowest BCUT2D eigenvalue weighted by Crippen LogP contribution is -1.92. The van der Waals surface area contributed by atoms with Crippen LogP contribution in [0.3, 0.4) is 0 Å². The zero-order valence-electron chi connectivity index (χ0n) is 8.55. The summed E-state index contributed by atoms with van der Waals surface area (Å²) in [6.07, 6.45) is 1.53. The molecule has 0 N–H and O–H groups in total. The molecule has 1 aromatic carbocycles. The van der Waals surface area contributed by atoms with Crippen LogP contribution in [0.2, 0.25) is 5.28 Å². The summed E-state index contributed by atoms with van der Waals surface area (Å²) in [6, 6.07) is 8.92. The molecule has 1 heterocycles. The number of methoxy groups -OCH3 is 1. The summed E-state index contributed by atoms with van der Waals surface area (Å²) in [5.41, 5.74) is 0. The number of para-hydroxylation sites is 2. The predicted octanol–water partition coefficient (Wildman–Crippen LogP) is 2.93. The topological polar surface area (TPSA) is 44.2 Å². The van der Waals surface area contributed by atoms with Gasteiger partial charge in [0, 0.05) is 12.3 Å². The van der Waals surface area contributed by atoms with Gasteiger partial charge in [0.05, 0.1) is 7.11 Å². The predicted molar refractivity (Wildman–Crippen MR) is 60.1 cm³/mol. The fraction of sp³-hybridized carbons (Fsp3) is 0.0909. The van der Waals surface area contributed by atoms with E-state index in [2.05, 4.69) is 9.97 Å². The Bertz CT molecular complexity index is 491. The summed E-state index contributed by atoms with van der Waals surface area (Å²) < 4.78 is 10.7. The summed E-state index contributed by atoms with van der Waals surface area (Å²) >= 11 is 5.65. The number of nitrogens with zero attached hydrogens (tertiary/aromatic N) is 2. The minimum atomic E-state index is 0.146. The number of benzene rings is 1. The number of aromatic nitrogens is 2. The number of hydrogen-bond donors (Lipinski definition) is 0. The molecule has 0 unspecified atom stereocenters. The maximum absolute atomic E-state index is 5.65. The zero-order chi connectivity index (χ0) is 11.4. The monoisotopic (exact) mass is 236 g/mol. The first-order valence-electron chi connectivity index (χ1n) is 4.59. The van der Waals surface area contributed by atoms with E-state index in [0.29, 0.717) is 17.4 Å². The molecule has 2 aromatic rings. The Morgan fingerprint density at radius 3 is 2.56 bits per heavy atom. The molecule has 0 spiro atoms. The van der Waals surface area contributed by atoms with E-state index in [1.165, 1.54) is 6.20 Å². The lowest BCUT2D eigenvalue weighted by Gasteiger charge is -2.08. The highest BCUT2D eigenvalue weighted by Gasteiger charge is 2.05. The molecule has 0 aliphatic heterocycles. The van der Waals surface area contributed by atoms with Gasteiger partial charge in [-0.1, -0.05) is 12.1 Å². The van der Waals surface area contributed by atoms with Gasteiger partial charge in [-0.05, 0) is 23.7 Å². The molecule has 0 aliphatic carbocycles. The van der Waals surface area contributed by atoms with E-state index >= 15 is 0 Å². The summed E-state index contributed by atoms with van der Waals surface area (Å²) in [6.45, 7) is 0. The standard InChI is InChI=1S/C11H9ClN2O2/c1-15-8-4-2-3-5-9(8)16-10-6-7-13-11(12)14-10/h2-7H,1H3. The third-order valence-electron chi connectivity index (χ3n) is 1.88. The first-order chi connectivity index (χ1) is 7.79. The first-order valence-corrected chi connectivity index (χ1v) is 4.97. The normalized spacial score (nSPS) is 9.88. The molecule has 0 saturated carbocycles. The fourth-order valence-corrected chi connectivity index (χ4v) is 1.33. The van der Waals surface area contributed by atoms with Crippen LogP contribution in [0.1, 0.15) is 0 Å². The van der Waals surface area contributed by atoms with Crippen molar-refractivity contribution in [2.45, 2.75) is 0 Å². The van der Waals surface area contributed by atoms with Gasteiger partial charge in [-0.3, -0.25) is 0 Å². The van der Waals surface area contributed by atoms with E-state index in [-0.39, 0.29) is 5.28 Å². The van der Waals surface area contributed by atoms with Gasteiger partial charge in [0.1, 0.15) is 0 Å². The SMILES string of the molecule is COc1ccccc1Oc1ccnc(Cl)n1. The number of ether oxygens (including phenoxy) is 2. The van der Waals surface area contributed by atoms with Gasteiger partial charge in [0.15, 0.2) is 11.5 Å². The van der Waals surface area contributed by atoms with E-state index in [0.717, 1.165) is 0 Å². The van der Waals surface area contributed by atoms with E-state index in [1.807, 2.05) is 12.1 Å². The van der Waals surface area contributed by atoms with Crippen molar-refractivity contribution in [3.63, 3.8) is 0 Å². The molecular weight excluding hydrogens is 228 g/mol. The van der Waals surface area contributed by atoms with Gasteiger partial charge in [-0.25, -0.2) is 4.98 Å². The Balaban J connectivity index is 2.26. The molecule has 0 bridgehead atoms. The van der Waals surface area contributed by atoms with Crippen molar-refractivity contribution in [3.05, 3.63) is 41.8 Å². The van der Waals surface area contributed by atoms with Crippen molar-refractivity contribution in [2.75, 3.05) is 7.11 Å². The average Bonchev–Trinajstić information content (AvgIpc) is 2.30. The third-order valence-corrected chi connectivity index (χ3v) is 2.07. The maximum Gasteiger partial charge on any atom is 0.225 e. The summed E-state index contributed by atoms with van der Waals surface area (Å²) in [7, 11) is 1.58. The highest BCUT2D eigenvalue weighted by molar-refractivity contribution is 6.28. The largest absolute Gasteiger partial charge is 0.493 e. The molecular formula is C11H9ClN2O2. The van der Waals surface area contributed by atoms with Crippen LogP contribution in [0.15, 0.2) is 36.5 Å². The van der Waals surface area contributed by atoms with Gasteiger partial charge < -0.3 is 9.47 Å². The van der Waals surface area contributed by atoms with Crippen LogP contribution in [-0.4, -0.2) is 17.1 Å². The summed E-state index contributed by atoms with van der Waals surface area (Å²) in [5.74, 6) is 1.60. The van der Waals surface area contributed by atoms with Crippen molar-refractivity contribution in [1.29, 1.82) is 0 Å². The van der Waals surface area contributed by atoms with Crippen molar-refractivity contribution < 1.29 is 9.47 Å². The molecule has 1 aromatic heterocycles. The molecule has 4 nitrogen and oxygen atoms in total. The number of rotatable bonds is 3. The quantitative estimate of drug-likeness (QED) is 0.769. The second-order valence-electron chi connectivity index (χ2n) is 2.92. The maximum atomic E-state index is 5.65. The van der Waals surface area contributed by atoms with E-state index in [4.69, 9.17) is 21.1 Å². The molecule has 0 aliphatic rings. The van der Waals surface area contributed by atoms with Crippen LogP contribution in [0.25, 0.3) is 0 Å². The Morgan fingerprint density at radius 2 is 1.88 bits per heavy atom. The van der Waals surface area contributed by atoms with Crippen LogP contribution in [-0.2, 0) is 0 Å². The lowest BCUT2D eigenvalue weighted by molar-refractivity contribution is 0.374. The van der Waals surface area contributed by atoms with Crippen LogP contribution in [0.5, 0.6) is 17.4 Å². The van der Waals surface area contributed by atoms with Crippen LogP contribution in [0.4, 0.5) is 0 Å². The van der Waals surface area contributed by atoms with Crippen molar-refractivity contribution >= 4 is 11.6 Å². The summed E-state index contributed by atoms with van der Waals surface area (Å²) in [4.78, 5) is 7.69. The van der Waals surface area contributed by atoms with Crippen LogP contribution in [0, 0.1) is 0 Å². The van der Waals surface area contributed by atoms with Crippen molar-refractivity contribution in [2.24, 2.45) is 0 Å². The molecule has 82 valence electrons. The highest BCUT2D eigenvalue weighted by atomic mass is 35.5. The Kier molecular flexibility index (Phi) is 3.22. The minimum Gasteiger partial charge on any atom is -0.493 e. The second-order valence-corrected chi connectivity index (χ2v) is 3.25. The van der Waals surface area contributed by atoms with Gasteiger partial charge in [-0.2, -0.15) is 4.98 Å². The molecule has 0 atom stereocenters. The van der Waals surface area contributed by atoms with E-state index in [1.54, 1.807) is 25.3 Å². The zero-order valence-corrected chi connectivity index (χ0v) is 9.31. The molecule has 0 amide bonds. The second kappa shape index (κ2) is 4.81. The Hall–Kier alpha value is -1.81. The Morgan fingerprint density at radius 1 is 1.12 bits per heavy atom. The number of halogens is 1. The first kappa shape index (κ1) is 10.7. The average molecular weight is 237 g/mol. The minimum absolute atomic E-state index is 0.146. The van der Waals surface area contributed by atoms with Crippen molar-refractivity contribution in [3.8, 4) is 17.4 Å². The third kappa shape index (κ3) is 2.41. The van der Waals surface area contributed by atoms with Gasteiger partial charge in [0.2, 0.25) is 11.2 Å². The summed E-state index contributed by atoms with van der Waals surface area (Å²) in [5, 5.41) is 0.146. The molecule has 2 rings (SSSR count).